The van der Waals surface area contributed by atoms with Crippen LogP contribution in [-0.4, -0.2) is 9.97 Å². The van der Waals surface area contributed by atoms with Crippen molar-refractivity contribution in [2.75, 3.05) is 0 Å². The van der Waals surface area contributed by atoms with Gasteiger partial charge in [0, 0.05) is 11.1 Å². The van der Waals surface area contributed by atoms with Crippen LogP contribution in [0.1, 0.15) is 0 Å². The fourth-order valence-corrected chi connectivity index (χ4v) is 1.77. The Morgan fingerprint density at radius 3 is 2.19 bits per heavy atom. The highest BCUT2D eigenvalue weighted by Gasteiger charge is 2.10. The Balaban J connectivity index is 2.62. The SMILES string of the molecule is Fc1ccc(Cl)cc1-c1nc(Cl)cc(Cl)n1. The normalized spacial score (nSPS) is 10.5. The van der Waals surface area contributed by atoms with Gasteiger partial charge in [0.25, 0.3) is 0 Å². The molecule has 2 aromatic rings. The van der Waals surface area contributed by atoms with Crippen LogP contribution < -0.4 is 0 Å². The highest BCUT2D eigenvalue weighted by Crippen LogP contribution is 2.25. The van der Waals surface area contributed by atoms with Crippen molar-refractivity contribution in [1.29, 1.82) is 0 Å². The van der Waals surface area contributed by atoms with Crippen molar-refractivity contribution < 1.29 is 4.39 Å². The van der Waals surface area contributed by atoms with Crippen molar-refractivity contribution in [3.05, 3.63) is 45.4 Å². The number of aromatic nitrogens is 2. The van der Waals surface area contributed by atoms with Gasteiger partial charge in [-0.25, -0.2) is 14.4 Å². The summed E-state index contributed by atoms with van der Waals surface area (Å²) in [5.41, 5.74) is 0.164. The van der Waals surface area contributed by atoms with Crippen LogP contribution in [0, 0.1) is 5.82 Å². The Hall–Kier alpha value is -0.900. The molecule has 0 unspecified atom stereocenters. The third-order valence-corrected chi connectivity index (χ3v) is 2.46. The Kier molecular flexibility index (Phi) is 3.28. The molecule has 16 heavy (non-hydrogen) atoms. The van der Waals surface area contributed by atoms with Crippen molar-refractivity contribution in [2.24, 2.45) is 0 Å². The lowest BCUT2D eigenvalue weighted by molar-refractivity contribution is 0.630. The highest BCUT2D eigenvalue weighted by atomic mass is 35.5. The first-order chi connectivity index (χ1) is 7.56. The Bertz CT molecular complexity index is 525. The first-order valence-corrected chi connectivity index (χ1v) is 5.35. The standard InChI is InChI=1S/C10H4Cl3FN2/c11-5-1-2-7(14)6(3-5)10-15-8(12)4-9(13)16-10/h1-4H. The second-order valence-corrected chi connectivity index (χ2v) is 4.17. The topological polar surface area (TPSA) is 25.8 Å². The van der Waals surface area contributed by atoms with Crippen molar-refractivity contribution in [2.45, 2.75) is 0 Å². The average molecular weight is 278 g/mol. The van der Waals surface area contributed by atoms with Crippen LogP contribution in [0.3, 0.4) is 0 Å². The van der Waals surface area contributed by atoms with Gasteiger partial charge in [0.2, 0.25) is 0 Å². The van der Waals surface area contributed by atoms with Crippen molar-refractivity contribution >= 4 is 34.8 Å². The molecule has 0 atom stereocenters. The van der Waals surface area contributed by atoms with Gasteiger partial charge in [-0.2, -0.15) is 0 Å². The maximum absolute atomic E-state index is 13.5. The van der Waals surface area contributed by atoms with E-state index in [9.17, 15) is 4.39 Å². The van der Waals surface area contributed by atoms with Gasteiger partial charge in [0.05, 0.1) is 5.56 Å². The van der Waals surface area contributed by atoms with Crippen molar-refractivity contribution in [1.82, 2.24) is 9.97 Å². The predicted molar refractivity (Wildman–Crippen MR) is 62.5 cm³/mol. The largest absolute Gasteiger partial charge is 0.216 e. The minimum Gasteiger partial charge on any atom is -0.216 e. The van der Waals surface area contributed by atoms with Gasteiger partial charge in [-0.3, -0.25) is 0 Å². The van der Waals surface area contributed by atoms with Gasteiger partial charge in [-0.15, -0.1) is 0 Å². The van der Waals surface area contributed by atoms with Gasteiger partial charge >= 0.3 is 0 Å². The quantitative estimate of drug-likeness (QED) is 0.729. The van der Waals surface area contributed by atoms with E-state index in [1.54, 1.807) is 0 Å². The second-order valence-electron chi connectivity index (χ2n) is 2.96. The number of halogens is 4. The molecule has 2 nitrogen and oxygen atoms in total. The molecule has 0 spiro atoms. The van der Waals surface area contributed by atoms with Gasteiger partial charge in [-0.05, 0) is 18.2 Å². The van der Waals surface area contributed by atoms with E-state index in [4.69, 9.17) is 34.8 Å². The molecule has 0 amide bonds. The van der Waals surface area contributed by atoms with Crippen LogP contribution in [0.4, 0.5) is 4.39 Å². The van der Waals surface area contributed by atoms with E-state index < -0.39 is 5.82 Å². The number of hydrogen-bond acceptors (Lipinski definition) is 2. The van der Waals surface area contributed by atoms with Crippen LogP contribution in [0.15, 0.2) is 24.3 Å². The van der Waals surface area contributed by atoms with E-state index in [0.717, 1.165) is 0 Å². The lowest BCUT2D eigenvalue weighted by atomic mass is 10.2. The summed E-state index contributed by atoms with van der Waals surface area (Å²) in [6.45, 7) is 0. The Morgan fingerprint density at radius 1 is 0.938 bits per heavy atom. The minimum atomic E-state index is -0.484. The third-order valence-electron chi connectivity index (χ3n) is 1.83. The summed E-state index contributed by atoms with van der Waals surface area (Å²) in [7, 11) is 0. The monoisotopic (exact) mass is 276 g/mol. The molecule has 0 fully saturated rings. The second kappa shape index (κ2) is 4.53. The van der Waals surface area contributed by atoms with Gasteiger partial charge in [-0.1, -0.05) is 34.8 Å². The molecule has 1 aromatic carbocycles. The van der Waals surface area contributed by atoms with Crippen LogP contribution in [0.25, 0.3) is 11.4 Å². The summed E-state index contributed by atoms with van der Waals surface area (Å²) in [5, 5.41) is 0.680. The highest BCUT2D eigenvalue weighted by molar-refractivity contribution is 6.33. The Labute approximate surface area is 106 Å². The van der Waals surface area contributed by atoms with E-state index in [0.29, 0.717) is 5.02 Å². The van der Waals surface area contributed by atoms with E-state index in [-0.39, 0.29) is 21.7 Å². The summed E-state index contributed by atoms with van der Waals surface area (Å²) in [5.74, 6) is -0.375. The molecule has 1 heterocycles. The smallest absolute Gasteiger partial charge is 0.165 e. The number of benzene rings is 1. The molecule has 0 saturated heterocycles. The molecule has 1 aromatic heterocycles. The molecule has 2 rings (SSSR count). The molecule has 0 aliphatic rings. The first kappa shape index (κ1) is 11.6. The van der Waals surface area contributed by atoms with E-state index in [1.807, 2.05) is 0 Å². The van der Waals surface area contributed by atoms with Crippen LogP contribution >= 0.6 is 34.8 Å². The maximum Gasteiger partial charge on any atom is 0.165 e. The lowest BCUT2D eigenvalue weighted by Gasteiger charge is -2.03. The summed E-state index contributed by atoms with van der Waals surface area (Å²) in [6, 6.07) is 5.45. The summed E-state index contributed by atoms with van der Waals surface area (Å²) >= 11 is 17.2. The average Bonchev–Trinajstić information content (AvgIpc) is 2.20. The molecule has 0 aliphatic heterocycles. The number of nitrogens with zero attached hydrogens (tertiary/aromatic N) is 2. The summed E-state index contributed by atoms with van der Waals surface area (Å²) < 4.78 is 13.5. The Morgan fingerprint density at radius 2 is 1.56 bits per heavy atom. The molecule has 0 aliphatic carbocycles. The van der Waals surface area contributed by atoms with Crippen LogP contribution in [0.5, 0.6) is 0 Å². The van der Waals surface area contributed by atoms with Crippen molar-refractivity contribution in [3.63, 3.8) is 0 Å². The molecule has 0 bridgehead atoms. The van der Waals surface area contributed by atoms with Crippen LogP contribution in [0.2, 0.25) is 15.3 Å². The summed E-state index contributed by atoms with van der Waals surface area (Å²) in [6.07, 6.45) is 0. The number of rotatable bonds is 1. The van der Waals surface area contributed by atoms with Gasteiger partial charge in [0.1, 0.15) is 16.1 Å². The fourth-order valence-electron chi connectivity index (χ4n) is 1.18. The van der Waals surface area contributed by atoms with E-state index >= 15 is 0 Å². The lowest BCUT2D eigenvalue weighted by Crippen LogP contribution is -1.93. The summed E-state index contributed by atoms with van der Waals surface area (Å²) in [4.78, 5) is 7.75. The predicted octanol–water partition coefficient (Wildman–Crippen LogP) is 4.24. The van der Waals surface area contributed by atoms with E-state index in [1.165, 1.54) is 24.3 Å². The molecule has 0 saturated carbocycles. The molecular formula is C10H4Cl3FN2. The van der Waals surface area contributed by atoms with Gasteiger partial charge < -0.3 is 0 Å². The first-order valence-electron chi connectivity index (χ1n) is 4.22. The van der Waals surface area contributed by atoms with Crippen LogP contribution in [-0.2, 0) is 0 Å². The fraction of sp³-hybridized carbons (Fsp3) is 0. The molecule has 0 radical (unpaired) electrons. The van der Waals surface area contributed by atoms with Gasteiger partial charge in [0.15, 0.2) is 5.82 Å². The third kappa shape index (κ3) is 2.43. The molecule has 6 heteroatoms. The molecular weight excluding hydrogens is 273 g/mol. The maximum atomic E-state index is 13.5. The molecule has 82 valence electrons. The zero-order valence-corrected chi connectivity index (χ0v) is 9.98. The number of hydrogen-bond donors (Lipinski definition) is 0. The van der Waals surface area contributed by atoms with Crippen molar-refractivity contribution in [3.8, 4) is 11.4 Å². The molecule has 0 N–H and O–H groups in total. The zero-order chi connectivity index (χ0) is 11.7. The zero-order valence-electron chi connectivity index (χ0n) is 7.72. The van der Waals surface area contributed by atoms with E-state index in [2.05, 4.69) is 9.97 Å². The minimum absolute atomic E-state index is 0.109.